The molecule has 3 N–H and O–H groups in total. The fraction of sp³-hybridized carbons (Fsp3) is 0.333. The Kier molecular flexibility index (Phi) is 2.78. The summed E-state index contributed by atoms with van der Waals surface area (Å²) < 4.78 is 12.8. The zero-order chi connectivity index (χ0) is 9.14. The van der Waals surface area contributed by atoms with Gasteiger partial charge in [0, 0.05) is 6.54 Å². The average molecular weight is 169 g/mol. The quantitative estimate of drug-likeness (QED) is 0.697. The first kappa shape index (κ1) is 9.16. The van der Waals surface area contributed by atoms with Gasteiger partial charge in [0.1, 0.15) is 5.82 Å². The Bertz CT molecular complexity index is 255. The van der Waals surface area contributed by atoms with Crippen LogP contribution in [0.4, 0.5) is 4.39 Å². The Hall–Kier alpha value is -0.930. The molecule has 0 fully saturated rings. The largest absolute Gasteiger partial charge is 0.387 e. The van der Waals surface area contributed by atoms with Crippen LogP contribution in [0.2, 0.25) is 0 Å². The predicted molar refractivity (Wildman–Crippen MR) is 45.2 cm³/mol. The molecule has 0 aliphatic heterocycles. The van der Waals surface area contributed by atoms with Crippen LogP contribution >= 0.6 is 0 Å². The summed E-state index contributed by atoms with van der Waals surface area (Å²) in [6, 6.07) is 4.43. The summed E-state index contributed by atoms with van der Waals surface area (Å²) >= 11 is 0. The molecule has 0 spiro atoms. The molecule has 2 nitrogen and oxygen atoms in total. The summed E-state index contributed by atoms with van der Waals surface area (Å²) in [5.41, 5.74) is 6.56. The Morgan fingerprint density at radius 2 is 2.17 bits per heavy atom. The molecule has 0 amide bonds. The number of benzene rings is 1. The van der Waals surface area contributed by atoms with Gasteiger partial charge < -0.3 is 10.8 Å². The molecule has 1 unspecified atom stereocenters. The third-order valence-electron chi connectivity index (χ3n) is 1.67. The van der Waals surface area contributed by atoms with E-state index in [1.54, 1.807) is 13.0 Å². The smallest absolute Gasteiger partial charge is 0.123 e. The fourth-order valence-corrected chi connectivity index (χ4v) is 1.09. The Labute approximate surface area is 70.8 Å². The van der Waals surface area contributed by atoms with Crippen LogP contribution in [0.25, 0.3) is 0 Å². The van der Waals surface area contributed by atoms with Crippen molar-refractivity contribution in [3.63, 3.8) is 0 Å². The number of aliphatic hydroxyl groups excluding tert-OH is 1. The lowest BCUT2D eigenvalue weighted by molar-refractivity contribution is 0.186. The lowest BCUT2D eigenvalue weighted by Crippen LogP contribution is -2.11. The standard InChI is InChI=1S/C9H12FNO/c1-6-2-7(9(12)5-11)4-8(10)3-6/h2-4,9,12H,5,11H2,1H3. The molecular formula is C9H12FNO. The van der Waals surface area contributed by atoms with E-state index in [9.17, 15) is 9.50 Å². The molecule has 1 aromatic carbocycles. The van der Waals surface area contributed by atoms with Crippen molar-refractivity contribution < 1.29 is 9.50 Å². The fourth-order valence-electron chi connectivity index (χ4n) is 1.09. The topological polar surface area (TPSA) is 46.2 Å². The summed E-state index contributed by atoms with van der Waals surface area (Å²) in [6.07, 6.45) is -0.764. The number of hydrogen-bond acceptors (Lipinski definition) is 2. The van der Waals surface area contributed by atoms with E-state index in [-0.39, 0.29) is 12.4 Å². The third kappa shape index (κ3) is 2.03. The molecule has 0 aliphatic carbocycles. The van der Waals surface area contributed by atoms with Crippen molar-refractivity contribution in [2.75, 3.05) is 6.54 Å². The molecule has 1 rings (SSSR count). The van der Waals surface area contributed by atoms with Crippen molar-refractivity contribution in [1.82, 2.24) is 0 Å². The summed E-state index contributed by atoms with van der Waals surface area (Å²) in [5, 5.41) is 9.29. The molecule has 0 aromatic heterocycles. The first-order chi connectivity index (χ1) is 5.63. The van der Waals surface area contributed by atoms with E-state index in [0.29, 0.717) is 5.56 Å². The summed E-state index contributed by atoms with van der Waals surface area (Å²) in [4.78, 5) is 0. The van der Waals surface area contributed by atoms with Gasteiger partial charge in [-0.25, -0.2) is 4.39 Å². The first-order valence-electron chi connectivity index (χ1n) is 3.78. The highest BCUT2D eigenvalue weighted by Crippen LogP contribution is 2.15. The number of nitrogens with two attached hydrogens (primary N) is 1. The van der Waals surface area contributed by atoms with Gasteiger partial charge in [0.25, 0.3) is 0 Å². The van der Waals surface area contributed by atoms with Crippen LogP contribution in [0, 0.1) is 12.7 Å². The van der Waals surface area contributed by atoms with E-state index in [1.807, 2.05) is 0 Å². The van der Waals surface area contributed by atoms with Gasteiger partial charge in [-0.1, -0.05) is 6.07 Å². The highest BCUT2D eigenvalue weighted by Gasteiger charge is 2.06. The molecule has 0 radical (unpaired) electrons. The minimum Gasteiger partial charge on any atom is -0.387 e. The molecule has 12 heavy (non-hydrogen) atoms. The number of aliphatic hydroxyl groups is 1. The summed E-state index contributed by atoms with van der Waals surface area (Å²) in [5.74, 6) is -0.336. The molecule has 1 atom stereocenters. The van der Waals surface area contributed by atoms with E-state index in [0.717, 1.165) is 5.56 Å². The molecule has 0 saturated heterocycles. The molecule has 66 valence electrons. The lowest BCUT2D eigenvalue weighted by atomic mass is 10.1. The van der Waals surface area contributed by atoms with Gasteiger partial charge >= 0.3 is 0 Å². The lowest BCUT2D eigenvalue weighted by Gasteiger charge is -2.08. The number of aryl methyl sites for hydroxylation is 1. The molecule has 1 aromatic rings. The highest BCUT2D eigenvalue weighted by molar-refractivity contribution is 5.25. The normalized spacial score (nSPS) is 13.0. The third-order valence-corrected chi connectivity index (χ3v) is 1.67. The number of rotatable bonds is 2. The number of halogens is 1. The van der Waals surface area contributed by atoms with Gasteiger partial charge in [-0.3, -0.25) is 0 Å². The SMILES string of the molecule is Cc1cc(F)cc(C(O)CN)c1. The van der Waals surface area contributed by atoms with Crippen LogP contribution in [0.15, 0.2) is 18.2 Å². The van der Waals surface area contributed by atoms with Crippen molar-refractivity contribution in [3.8, 4) is 0 Å². The minimum atomic E-state index is -0.764. The van der Waals surface area contributed by atoms with Gasteiger partial charge in [0.05, 0.1) is 6.10 Å². The second-order valence-corrected chi connectivity index (χ2v) is 2.81. The van der Waals surface area contributed by atoms with E-state index in [1.165, 1.54) is 12.1 Å². The van der Waals surface area contributed by atoms with Crippen molar-refractivity contribution in [3.05, 3.63) is 35.1 Å². The van der Waals surface area contributed by atoms with E-state index < -0.39 is 6.10 Å². The first-order valence-corrected chi connectivity index (χ1v) is 3.78. The predicted octanol–water partition coefficient (Wildman–Crippen LogP) is 1.13. The highest BCUT2D eigenvalue weighted by atomic mass is 19.1. The van der Waals surface area contributed by atoms with E-state index in [4.69, 9.17) is 5.73 Å². The maximum Gasteiger partial charge on any atom is 0.123 e. The monoisotopic (exact) mass is 169 g/mol. The van der Waals surface area contributed by atoms with E-state index >= 15 is 0 Å². The molecule has 0 aliphatic rings. The second-order valence-electron chi connectivity index (χ2n) is 2.81. The van der Waals surface area contributed by atoms with Crippen LogP contribution < -0.4 is 5.73 Å². The molecular weight excluding hydrogens is 157 g/mol. The van der Waals surface area contributed by atoms with Gasteiger partial charge in [-0.2, -0.15) is 0 Å². The van der Waals surface area contributed by atoms with Crippen LogP contribution in [0.1, 0.15) is 17.2 Å². The van der Waals surface area contributed by atoms with Gasteiger partial charge in [0.2, 0.25) is 0 Å². The van der Waals surface area contributed by atoms with Crippen molar-refractivity contribution in [2.45, 2.75) is 13.0 Å². The minimum absolute atomic E-state index is 0.114. The molecule has 0 saturated carbocycles. The Morgan fingerprint density at radius 1 is 1.50 bits per heavy atom. The summed E-state index contributed by atoms with van der Waals surface area (Å²) in [6.45, 7) is 1.89. The molecule has 0 bridgehead atoms. The zero-order valence-corrected chi connectivity index (χ0v) is 6.92. The molecule has 0 heterocycles. The Balaban J connectivity index is 3.00. The van der Waals surface area contributed by atoms with Crippen LogP contribution in [-0.4, -0.2) is 11.7 Å². The number of hydrogen-bond donors (Lipinski definition) is 2. The van der Waals surface area contributed by atoms with Crippen LogP contribution in [0.5, 0.6) is 0 Å². The van der Waals surface area contributed by atoms with Gasteiger partial charge in [0.15, 0.2) is 0 Å². The van der Waals surface area contributed by atoms with Crippen molar-refractivity contribution in [1.29, 1.82) is 0 Å². The maximum absolute atomic E-state index is 12.8. The van der Waals surface area contributed by atoms with Gasteiger partial charge in [-0.05, 0) is 30.2 Å². The summed E-state index contributed by atoms with van der Waals surface area (Å²) in [7, 11) is 0. The molecule has 3 heteroatoms. The van der Waals surface area contributed by atoms with Crippen molar-refractivity contribution in [2.24, 2.45) is 5.73 Å². The Morgan fingerprint density at radius 3 is 2.67 bits per heavy atom. The van der Waals surface area contributed by atoms with Crippen molar-refractivity contribution >= 4 is 0 Å². The van der Waals surface area contributed by atoms with Crippen LogP contribution in [0.3, 0.4) is 0 Å². The zero-order valence-electron chi connectivity index (χ0n) is 6.92. The van der Waals surface area contributed by atoms with E-state index in [2.05, 4.69) is 0 Å². The second kappa shape index (κ2) is 3.65. The maximum atomic E-state index is 12.8. The average Bonchev–Trinajstić information content (AvgIpc) is 2.01. The van der Waals surface area contributed by atoms with Gasteiger partial charge in [-0.15, -0.1) is 0 Å². The van der Waals surface area contributed by atoms with Crippen LogP contribution in [-0.2, 0) is 0 Å².